The van der Waals surface area contributed by atoms with Gasteiger partial charge in [-0.25, -0.2) is 4.98 Å². The lowest BCUT2D eigenvalue weighted by Gasteiger charge is -2.21. The van der Waals surface area contributed by atoms with Crippen LogP contribution in [0.2, 0.25) is 0 Å². The van der Waals surface area contributed by atoms with Crippen molar-refractivity contribution in [3.05, 3.63) is 86.2 Å². The van der Waals surface area contributed by atoms with E-state index >= 15 is 0 Å². The minimum Gasteiger partial charge on any atom is -0.375 e. The van der Waals surface area contributed by atoms with Crippen molar-refractivity contribution in [3.63, 3.8) is 0 Å². The maximum Gasteiger partial charge on any atom is 0.250 e. The van der Waals surface area contributed by atoms with Gasteiger partial charge in [0.15, 0.2) is 5.96 Å². The lowest BCUT2D eigenvalue weighted by atomic mass is 10.1. The first-order valence-corrected chi connectivity index (χ1v) is 11.0. The van der Waals surface area contributed by atoms with Gasteiger partial charge in [0.2, 0.25) is 0 Å². The second-order valence-electron chi connectivity index (χ2n) is 7.30. The minimum absolute atomic E-state index is 0.00369. The number of rotatable bonds is 8. The Labute approximate surface area is 187 Å². The molecule has 31 heavy (non-hydrogen) atoms. The van der Waals surface area contributed by atoms with Crippen LogP contribution in [0.15, 0.2) is 63.8 Å². The van der Waals surface area contributed by atoms with E-state index in [1.807, 2.05) is 24.9 Å². The highest BCUT2D eigenvalue weighted by Gasteiger charge is 2.12. The fourth-order valence-corrected chi connectivity index (χ4v) is 3.96. The lowest BCUT2D eigenvalue weighted by molar-refractivity contribution is 0.119. The van der Waals surface area contributed by atoms with Gasteiger partial charge in [-0.15, -0.1) is 11.3 Å². The van der Waals surface area contributed by atoms with Crippen LogP contribution in [-0.2, 0) is 24.4 Å². The van der Waals surface area contributed by atoms with Crippen molar-refractivity contribution in [1.82, 2.24) is 19.8 Å². The third kappa shape index (κ3) is 6.26. The number of aliphatic imine (C=N–C) groups is 1. The van der Waals surface area contributed by atoms with E-state index in [1.54, 1.807) is 48.4 Å². The van der Waals surface area contributed by atoms with Crippen molar-refractivity contribution in [2.24, 2.45) is 4.99 Å². The molecule has 3 rings (SSSR count). The Morgan fingerprint density at radius 2 is 2.00 bits per heavy atom. The summed E-state index contributed by atoms with van der Waals surface area (Å²) in [6.07, 6.45) is 1.81. The van der Waals surface area contributed by atoms with E-state index < -0.39 is 0 Å². The molecule has 1 aromatic carbocycles. The largest absolute Gasteiger partial charge is 0.375 e. The standard InChI is InChI=1S/C23H29N5O2S/c1-17(30-4)22-26-20(16-31-22)15-27(3)23(24-2)25-13-18-8-10-19(11-9-18)14-28-12-6-5-7-21(28)29/h5-12,16-17H,13-15H2,1-4H3,(H,24,25). The molecule has 0 bridgehead atoms. The summed E-state index contributed by atoms with van der Waals surface area (Å²) in [7, 11) is 5.46. The van der Waals surface area contributed by atoms with Crippen LogP contribution in [0.25, 0.3) is 0 Å². The SMILES string of the molecule is CN=C(NCc1ccc(Cn2ccccc2=O)cc1)N(C)Cc1csc(C(C)OC)n1. The maximum absolute atomic E-state index is 11.9. The van der Waals surface area contributed by atoms with Crippen molar-refractivity contribution in [3.8, 4) is 0 Å². The number of guanidine groups is 1. The van der Waals surface area contributed by atoms with Crippen LogP contribution in [0.4, 0.5) is 0 Å². The van der Waals surface area contributed by atoms with Gasteiger partial charge < -0.3 is 19.5 Å². The monoisotopic (exact) mass is 439 g/mol. The predicted molar refractivity (Wildman–Crippen MR) is 125 cm³/mol. The molecule has 2 aromatic heterocycles. The minimum atomic E-state index is 0.00369. The van der Waals surface area contributed by atoms with Crippen LogP contribution in [0.1, 0.15) is 34.9 Å². The molecular formula is C23H29N5O2S. The highest BCUT2D eigenvalue weighted by atomic mass is 32.1. The van der Waals surface area contributed by atoms with Crippen LogP contribution in [0, 0.1) is 0 Å². The number of aromatic nitrogens is 2. The molecule has 0 radical (unpaired) electrons. The number of hydrogen-bond donors (Lipinski definition) is 1. The van der Waals surface area contributed by atoms with Crippen LogP contribution >= 0.6 is 11.3 Å². The molecule has 0 saturated heterocycles. The Morgan fingerprint density at radius 1 is 1.26 bits per heavy atom. The van der Waals surface area contributed by atoms with Crippen molar-refractivity contribution in [2.75, 3.05) is 21.2 Å². The Balaban J connectivity index is 1.54. The highest BCUT2D eigenvalue weighted by molar-refractivity contribution is 7.09. The van der Waals surface area contributed by atoms with E-state index in [2.05, 4.69) is 44.9 Å². The number of pyridine rings is 1. The zero-order valence-corrected chi connectivity index (χ0v) is 19.2. The average Bonchev–Trinajstić information content (AvgIpc) is 3.24. The van der Waals surface area contributed by atoms with Crippen LogP contribution in [0.5, 0.6) is 0 Å². The second-order valence-corrected chi connectivity index (χ2v) is 8.18. The Hall–Kier alpha value is -2.97. The fourth-order valence-electron chi connectivity index (χ4n) is 3.12. The summed E-state index contributed by atoms with van der Waals surface area (Å²) < 4.78 is 7.04. The fraction of sp³-hybridized carbons (Fsp3) is 0.348. The van der Waals surface area contributed by atoms with Crippen LogP contribution in [-0.4, -0.2) is 41.6 Å². The second kappa shape index (κ2) is 10.9. The molecule has 0 aliphatic heterocycles. The molecule has 1 atom stereocenters. The van der Waals surface area contributed by atoms with Gasteiger partial charge in [0.25, 0.3) is 5.56 Å². The number of nitrogens with zero attached hydrogens (tertiary/aromatic N) is 4. The number of nitrogens with one attached hydrogen (secondary N) is 1. The van der Waals surface area contributed by atoms with Crippen LogP contribution < -0.4 is 10.9 Å². The normalized spacial score (nSPS) is 12.6. The molecule has 0 amide bonds. The smallest absolute Gasteiger partial charge is 0.250 e. The van der Waals surface area contributed by atoms with Crippen molar-refractivity contribution >= 4 is 17.3 Å². The summed E-state index contributed by atoms with van der Waals surface area (Å²) in [5.41, 5.74) is 3.23. The molecule has 1 N–H and O–H groups in total. The molecule has 0 aliphatic carbocycles. The molecule has 164 valence electrons. The molecule has 8 heteroatoms. The lowest BCUT2D eigenvalue weighted by Crippen LogP contribution is -2.38. The highest BCUT2D eigenvalue weighted by Crippen LogP contribution is 2.20. The summed E-state index contributed by atoms with van der Waals surface area (Å²) in [6.45, 7) is 3.88. The van der Waals surface area contributed by atoms with Gasteiger partial charge in [0.1, 0.15) is 11.1 Å². The molecule has 0 fully saturated rings. The Morgan fingerprint density at radius 3 is 2.68 bits per heavy atom. The third-order valence-corrected chi connectivity index (χ3v) is 6.02. The molecule has 0 aliphatic rings. The van der Waals surface area contributed by atoms with Gasteiger partial charge in [-0.3, -0.25) is 9.79 Å². The van der Waals surface area contributed by atoms with Crippen molar-refractivity contribution in [2.45, 2.75) is 32.7 Å². The van der Waals surface area contributed by atoms with Gasteiger partial charge >= 0.3 is 0 Å². The molecule has 2 heterocycles. The van der Waals surface area contributed by atoms with E-state index in [0.29, 0.717) is 19.6 Å². The van der Waals surface area contributed by atoms with Crippen LogP contribution in [0.3, 0.4) is 0 Å². The van der Waals surface area contributed by atoms with Crippen molar-refractivity contribution in [1.29, 1.82) is 0 Å². The van der Waals surface area contributed by atoms with E-state index in [-0.39, 0.29) is 11.7 Å². The molecule has 0 spiro atoms. The van der Waals surface area contributed by atoms with Gasteiger partial charge in [-0.1, -0.05) is 30.3 Å². The maximum atomic E-state index is 11.9. The zero-order chi connectivity index (χ0) is 22.2. The van der Waals surface area contributed by atoms with Gasteiger partial charge in [-0.2, -0.15) is 0 Å². The molecule has 1 unspecified atom stereocenters. The summed E-state index contributed by atoms with van der Waals surface area (Å²) >= 11 is 1.61. The first-order chi connectivity index (χ1) is 15.0. The predicted octanol–water partition coefficient (Wildman–Crippen LogP) is 3.27. The molecule has 0 saturated carbocycles. The molecule has 3 aromatic rings. The van der Waals surface area contributed by atoms with E-state index in [4.69, 9.17) is 4.74 Å². The quantitative estimate of drug-likeness (QED) is 0.431. The summed E-state index contributed by atoms with van der Waals surface area (Å²) in [4.78, 5) is 23.0. The molecular weight excluding hydrogens is 410 g/mol. The van der Waals surface area contributed by atoms with E-state index in [9.17, 15) is 4.79 Å². The number of ether oxygens (including phenoxy) is 1. The van der Waals surface area contributed by atoms with Crippen molar-refractivity contribution < 1.29 is 4.74 Å². The van der Waals surface area contributed by atoms with E-state index in [0.717, 1.165) is 27.8 Å². The zero-order valence-electron chi connectivity index (χ0n) is 18.4. The first-order valence-electron chi connectivity index (χ1n) is 10.1. The van der Waals surface area contributed by atoms with Gasteiger partial charge in [-0.05, 0) is 24.1 Å². The number of hydrogen-bond acceptors (Lipinski definition) is 5. The Bertz CT molecular complexity index is 1060. The number of thiazole rings is 1. The summed E-state index contributed by atoms with van der Waals surface area (Å²) in [5.74, 6) is 0.800. The third-order valence-electron chi connectivity index (χ3n) is 4.97. The van der Waals surface area contributed by atoms with Gasteiger partial charge in [0.05, 0.1) is 18.8 Å². The molecule has 7 nitrogen and oxygen atoms in total. The number of methoxy groups -OCH3 is 1. The number of benzene rings is 1. The van der Waals surface area contributed by atoms with E-state index in [1.165, 1.54) is 0 Å². The Kier molecular flexibility index (Phi) is 7.97. The summed E-state index contributed by atoms with van der Waals surface area (Å²) in [5, 5.41) is 6.44. The summed E-state index contributed by atoms with van der Waals surface area (Å²) in [6, 6.07) is 13.4. The average molecular weight is 440 g/mol. The first kappa shape index (κ1) is 22.7. The topological polar surface area (TPSA) is 71.8 Å². The van der Waals surface area contributed by atoms with Gasteiger partial charge in [0, 0.05) is 45.4 Å².